The van der Waals surface area contributed by atoms with Crippen LogP contribution >= 0.6 is 0 Å². The topological polar surface area (TPSA) is 84.9 Å². The molecule has 1 amide bonds. The highest BCUT2D eigenvalue weighted by Crippen LogP contribution is 2.26. The van der Waals surface area contributed by atoms with Gasteiger partial charge in [-0.2, -0.15) is 0 Å². The third-order valence-electron chi connectivity index (χ3n) is 4.23. The highest BCUT2D eigenvalue weighted by molar-refractivity contribution is 7.92. The van der Waals surface area contributed by atoms with Gasteiger partial charge in [-0.1, -0.05) is 6.92 Å². The van der Waals surface area contributed by atoms with Crippen molar-refractivity contribution in [1.29, 1.82) is 0 Å². The van der Waals surface area contributed by atoms with Gasteiger partial charge in [0.25, 0.3) is 0 Å². The summed E-state index contributed by atoms with van der Waals surface area (Å²) in [4.78, 5) is 13.0. The van der Waals surface area contributed by atoms with E-state index in [4.69, 9.17) is 9.47 Å². The zero-order valence-electron chi connectivity index (χ0n) is 18.1. The summed E-state index contributed by atoms with van der Waals surface area (Å²) in [6, 6.07) is 12.7. The Morgan fingerprint density at radius 2 is 1.57 bits per heavy atom. The maximum absolute atomic E-state index is 13.0. The molecule has 0 unspecified atom stereocenters. The summed E-state index contributed by atoms with van der Waals surface area (Å²) in [6.07, 6.45) is 1.45. The van der Waals surface area contributed by atoms with Gasteiger partial charge in [-0.25, -0.2) is 8.42 Å². The molecule has 0 saturated carbocycles. The Kier molecular flexibility index (Phi) is 8.11. The minimum absolute atomic E-state index is 0.0485. The van der Waals surface area contributed by atoms with E-state index in [2.05, 4.69) is 5.32 Å². The number of nitrogens with one attached hydrogen (secondary N) is 1. The summed E-state index contributed by atoms with van der Waals surface area (Å²) in [5, 5.41) is 2.80. The van der Waals surface area contributed by atoms with E-state index >= 15 is 0 Å². The van der Waals surface area contributed by atoms with Crippen molar-refractivity contribution in [3.8, 4) is 11.5 Å². The molecule has 7 nitrogen and oxygen atoms in total. The van der Waals surface area contributed by atoms with Crippen LogP contribution in [-0.2, 0) is 14.8 Å². The standard InChI is InChI=1S/C22H30N2O5S/c1-6-21(22(25)23-17-8-12-20(13-9-17)29-16(3)4)24(30(5,26)27)18-10-14-19(15-11-18)28-7-2/h8-16,21H,6-7H2,1-5H3,(H,23,25)/t21-/m0/s1. The Morgan fingerprint density at radius 1 is 1.00 bits per heavy atom. The normalized spacial score (nSPS) is 12.3. The lowest BCUT2D eigenvalue weighted by Crippen LogP contribution is -2.46. The number of carbonyl (C=O) groups is 1. The molecule has 0 aliphatic carbocycles. The minimum atomic E-state index is -3.70. The fourth-order valence-corrected chi connectivity index (χ4v) is 4.24. The Labute approximate surface area is 179 Å². The Hall–Kier alpha value is -2.74. The zero-order valence-corrected chi connectivity index (χ0v) is 18.9. The summed E-state index contributed by atoms with van der Waals surface area (Å²) in [5.74, 6) is 0.924. The molecule has 30 heavy (non-hydrogen) atoms. The first kappa shape index (κ1) is 23.5. The zero-order chi connectivity index (χ0) is 22.3. The van der Waals surface area contributed by atoms with Gasteiger partial charge in [0.1, 0.15) is 17.5 Å². The smallest absolute Gasteiger partial charge is 0.248 e. The first-order chi connectivity index (χ1) is 14.2. The van der Waals surface area contributed by atoms with E-state index in [1.54, 1.807) is 55.5 Å². The number of sulfonamides is 1. The summed E-state index contributed by atoms with van der Waals surface area (Å²) in [6.45, 7) is 8.02. The molecule has 8 heteroatoms. The van der Waals surface area contributed by atoms with Crippen LogP contribution in [-0.4, -0.2) is 39.3 Å². The fourth-order valence-electron chi connectivity index (χ4n) is 3.03. The molecule has 1 N–H and O–H groups in total. The van der Waals surface area contributed by atoms with E-state index in [1.807, 2.05) is 20.8 Å². The molecule has 0 heterocycles. The van der Waals surface area contributed by atoms with Crippen molar-refractivity contribution in [2.45, 2.75) is 46.3 Å². The molecule has 0 bridgehead atoms. The number of amides is 1. The van der Waals surface area contributed by atoms with Gasteiger partial charge in [-0.15, -0.1) is 0 Å². The molecule has 0 spiro atoms. The predicted molar refractivity (Wildman–Crippen MR) is 120 cm³/mol. The number of hydrogen-bond acceptors (Lipinski definition) is 5. The lowest BCUT2D eigenvalue weighted by molar-refractivity contribution is -0.117. The summed E-state index contributed by atoms with van der Waals surface area (Å²) in [7, 11) is -3.70. The molecule has 2 aromatic rings. The molecule has 164 valence electrons. The Bertz CT molecular complexity index is 925. The van der Waals surface area contributed by atoms with Crippen molar-refractivity contribution in [2.24, 2.45) is 0 Å². The molecule has 0 fully saturated rings. The highest BCUT2D eigenvalue weighted by atomic mass is 32.2. The molecular weight excluding hydrogens is 404 g/mol. The molecule has 0 aliphatic rings. The predicted octanol–water partition coefficient (Wildman–Crippen LogP) is 4.06. The van der Waals surface area contributed by atoms with Crippen LogP contribution < -0.4 is 19.1 Å². The van der Waals surface area contributed by atoms with Crippen LogP contribution in [0, 0.1) is 0 Å². The van der Waals surface area contributed by atoms with Crippen molar-refractivity contribution in [3.05, 3.63) is 48.5 Å². The number of anilines is 2. The second-order valence-corrected chi connectivity index (χ2v) is 8.95. The number of benzene rings is 2. The summed E-state index contributed by atoms with van der Waals surface area (Å²) in [5.41, 5.74) is 0.971. The third kappa shape index (κ3) is 6.38. The Morgan fingerprint density at radius 3 is 2.03 bits per heavy atom. The van der Waals surface area contributed by atoms with Crippen molar-refractivity contribution >= 4 is 27.3 Å². The van der Waals surface area contributed by atoms with Crippen LogP contribution in [0.4, 0.5) is 11.4 Å². The number of carbonyl (C=O) groups excluding carboxylic acids is 1. The van der Waals surface area contributed by atoms with Crippen molar-refractivity contribution in [2.75, 3.05) is 22.5 Å². The largest absolute Gasteiger partial charge is 0.494 e. The van der Waals surface area contributed by atoms with Crippen LogP contribution in [0.25, 0.3) is 0 Å². The maximum atomic E-state index is 13.0. The van der Waals surface area contributed by atoms with Gasteiger partial charge in [0, 0.05) is 5.69 Å². The average Bonchev–Trinajstić information content (AvgIpc) is 2.67. The fraction of sp³-hybridized carbons (Fsp3) is 0.409. The number of nitrogens with zero attached hydrogens (tertiary/aromatic N) is 1. The second-order valence-electron chi connectivity index (χ2n) is 7.09. The number of hydrogen-bond donors (Lipinski definition) is 1. The Balaban J connectivity index is 2.25. The molecule has 2 aromatic carbocycles. The maximum Gasteiger partial charge on any atom is 0.248 e. The average molecular weight is 435 g/mol. The minimum Gasteiger partial charge on any atom is -0.494 e. The quantitative estimate of drug-likeness (QED) is 0.610. The van der Waals surface area contributed by atoms with Crippen LogP contribution in [0.3, 0.4) is 0 Å². The van der Waals surface area contributed by atoms with E-state index in [9.17, 15) is 13.2 Å². The van der Waals surface area contributed by atoms with Crippen LogP contribution in [0.2, 0.25) is 0 Å². The number of ether oxygens (including phenoxy) is 2. The van der Waals surface area contributed by atoms with Crippen LogP contribution in [0.15, 0.2) is 48.5 Å². The van der Waals surface area contributed by atoms with Crippen molar-refractivity contribution in [1.82, 2.24) is 0 Å². The number of rotatable bonds is 10. The van der Waals surface area contributed by atoms with Gasteiger partial charge in [-0.05, 0) is 75.7 Å². The van der Waals surface area contributed by atoms with Crippen LogP contribution in [0.5, 0.6) is 11.5 Å². The third-order valence-corrected chi connectivity index (χ3v) is 5.41. The molecule has 0 aliphatic heterocycles. The van der Waals surface area contributed by atoms with Gasteiger partial charge < -0.3 is 14.8 Å². The van der Waals surface area contributed by atoms with Gasteiger partial charge >= 0.3 is 0 Å². The monoisotopic (exact) mass is 434 g/mol. The van der Waals surface area contributed by atoms with Gasteiger partial charge in [-0.3, -0.25) is 9.10 Å². The molecule has 2 rings (SSSR count). The van der Waals surface area contributed by atoms with Crippen molar-refractivity contribution < 1.29 is 22.7 Å². The van der Waals surface area contributed by atoms with Gasteiger partial charge in [0.05, 0.1) is 24.7 Å². The summed E-state index contributed by atoms with van der Waals surface area (Å²) < 4.78 is 37.3. The lowest BCUT2D eigenvalue weighted by atomic mass is 10.1. The molecular formula is C22H30N2O5S. The molecule has 0 radical (unpaired) electrons. The first-order valence-electron chi connectivity index (χ1n) is 9.95. The van der Waals surface area contributed by atoms with E-state index in [0.29, 0.717) is 35.9 Å². The first-order valence-corrected chi connectivity index (χ1v) is 11.8. The molecule has 1 atom stereocenters. The van der Waals surface area contributed by atoms with E-state index in [1.165, 1.54) is 0 Å². The van der Waals surface area contributed by atoms with Gasteiger partial charge in [0.15, 0.2) is 0 Å². The van der Waals surface area contributed by atoms with Crippen molar-refractivity contribution in [3.63, 3.8) is 0 Å². The van der Waals surface area contributed by atoms with E-state index in [0.717, 1.165) is 10.6 Å². The highest BCUT2D eigenvalue weighted by Gasteiger charge is 2.31. The summed E-state index contributed by atoms with van der Waals surface area (Å²) >= 11 is 0. The van der Waals surface area contributed by atoms with Crippen LogP contribution in [0.1, 0.15) is 34.1 Å². The SMILES string of the molecule is CCOc1ccc(N([C@@H](CC)C(=O)Nc2ccc(OC(C)C)cc2)S(C)(=O)=O)cc1. The molecule has 0 aromatic heterocycles. The van der Waals surface area contributed by atoms with E-state index < -0.39 is 22.0 Å². The lowest BCUT2D eigenvalue weighted by Gasteiger charge is -2.30. The van der Waals surface area contributed by atoms with E-state index in [-0.39, 0.29) is 6.10 Å². The van der Waals surface area contributed by atoms with Gasteiger partial charge in [0.2, 0.25) is 15.9 Å². The molecule has 0 saturated heterocycles. The second kappa shape index (κ2) is 10.3.